The molecule has 27 heavy (non-hydrogen) atoms. The lowest BCUT2D eigenvalue weighted by Gasteiger charge is -2.24. The number of hydrogen-bond acceptors (Lipinski definition) is 4. The first-order chi connectivity index (χ1) is 13.3. The minimum Gasteiger partial charge on any atom is -0.484 e. The molecule has 1 atom stereocenters. The van der Waals surface area contributed by atoms with Gasteiger partial charge in [0.2, 0.25) is 0 Å². The molecule has 0 amide bonds. The van der Waals surface area contributed by atoms with E-state index in [0.717, 1.165) is 46.0 Å². The Bertz CT molecular complexity index is 930. The number of carbonyl (C=O) groups is 1. The highest BCUT2D eigenvalue weighted by atomic mass is 32.1. The van der Waals surface area contributed by atoms with E-state index in [-0.39, 0.29) is 11.9 Å². The monoisotopic (exact) mass is 378 g/mol. The summed E-state index contributed by atoms with van der Waals surface area (Å²) < 4.78 is 6.51. The van der Waals surface area contributed by atoms with Crippen LogP contribution in [-0.2, 0) is 19.3 Å². The van der Waals surface area contributed by atoms with E-state index in [0.29, 0.717) is 19.3 Å². The van der Waals surface area contributed by atoms with Gasteiger partial charge in [0.25, 0.3) is 0 Å². The second kappa shape index (κ2) is 7.92. The predicted octanol–water partition coefficient (Wildman–Crippen LogP) is 5.08. The van der Waals surface area contributed by atoms with Gasteiger partial charge >= 0.3 is 0 Å². The summed E-state index contributed by atoms with van der Waals surface area (Å²) in [6, 6.07) is 8.00. The number of rotatable bonds is 7. The second-order valence-corrected chi connectivity index (χ2v) is 7.68. The molecule has 0 spiro atoms. The third-order valence-corrected chi connectivity index (χ3v) is 5.90. The number of fused-ring (bicyclic) bond motifs is 1. The van der Waals surface area contributed by atoms with Crippen molar-refractivity contribution in [2.75, 3.05) is 0 Å². The molecule has 4 nitrogen and oxygen atoms in total. The number of benzene rings is 1. The number of imidazole rings is 1. The summed E-state index contributed by atoms with van der Waals surface area (Å²) in [5, 5.41) is 2.06. The average molecular weight is 378 g/mol. The third kappa shape index (κ3) is 3.74. The molecule has 5 heteroatoms. The smallest absolute Gasteiger partial charge is 0.163 e. The fraction of sp³-hybridized carbons (Fsp3) is 0.273. The standard InChI is InChI=1S/C22H22N2O2S/c1-2-5-17-15-6-3-7-18(25)16(15)9-10-19(17)26-20(21-8-4-13-27-21)14-22-23-11-12-24-22/h2,4,8-13,20H,1,3,5-7,14H2,(H,23,24). The van der Waals surface area contributed by atoms with Crippen LogP contribution in [0.15, 0.2) is 54.7 Å². The van der Waals surface area contributed by atoms with E-state index in [2.05, 4.69) is 28.0 Å². The number of nitrogens with one attached hydrogen (secondary N) is 1. The largest absolute Gasteiger partial charge is 0.484 e. The van der Waals surface area contributed by atoms with Crippen molar-refractivity contribution in [2.24, 2.45) is 0 Å². The number of thiophene rings is 1. The van der Waals surface area contributed by atoms with Crippen LogP contribution in [0.3, 0.4) is 0 Å². The first-order valence-corrected chi connectivity index (χ1v) is 10.1. The van der Waals surface area contributed by atoms with E-state index in [1.807, 2.05) is 30.5 Å². The van der Waals surface area contributed by atoms with E-state index in [9.17, 15) is 4.79 Å². The van der Waals surface area contributed by atoms with Crippen LogP contribution in [0.2, 0.25) is 0 Å². The molecular weight excluding hydrogens is 356 g/mol. The van der Waals surface area contributed by atoms with E-state index in [1.54, 1.807) is 17.5 Å². The molecule has 0 aliphatic heterocycles. The van der Waals surface area contributed by atoms with Crippen LogP contribution in [0.1, 0.15) is 51.1 Å². The van der Waals surface area contributed by atoms with E-state index in [4.69, 9.17) is 4.74 Å². The van der Waals surface area contributed by atoms with Crippen LogP contribution < -0.4 is 4.74 Å². The average Bonchev–Trinajstić information content (AvgIpc) is 3.37. The van der Waals surface area contributed by atoms with Crippen molar-refractivity contribution in [3.8, 4) is 5.75 Å². The summed E-state index contributed by atoms with van der Waals surface area (Å²) in [7, 11) is 0. The number of aromatic amines is 1. The minimum absolute atomic E-state index is 0.128. The van der Waals surface area contributed by atoms with Gasteiger partial charge < -0.3 is 9.72 Å². The summed E-state index contributed by atoms with van der Waals surface area (Å²) in [5.74, 6) is 1.97. The van der Waals surface area contributed by atoms with E-state index >= 15 is 0 Å². The van der Waals surface area contributed by atoms with Crippen LogP contribution in [0.5, 0.6) is 5.75 Å². The maximum atomic E-state index is 12.3. The normalized spacial score (nSPS) is 14.6. The Morgan fingerprint density at radius 2 is 2.26 bits per heavy atom. The Hall–Kier alpha value is -2.66. The molecule has 0 fully saturated rings. The Labute approximate surface area is 162 Å². The molecule has 3 aromatic rings. The van der Waals surface area contributed by atoms with Gasteiger partial charge in [-0.15, -0.1) is 17.9 Å². The summed E-state index contributed by atoms with van der Waals surface area (Å²) in [4.78, 5) is 21.0. The van der Waals surface area contributed by atoms with Crippen molar-refractivity contribution in [1.82, 2.24) is 9.97 Å². The molecular formula is C22H22N2O2S. The van der Waals surface area contributed by atoms with E-state index in [1.165, 1.54) is 0 Å². The third-order valence-electron chi connectivity index (χ3n) is 4.93. The number of H-pyrrole nitrogens is 1. The lowest BCUT2D eigenvalue weighted by atomic mass is 9.86. The van der Waals surface area contributed by atoms with Crippen LogP contribution in [0.25, 0.3) is 0 Å². The first-order valence-electron chi connectivity index (χ1n) is 9.23. The van der Waals surface area contributed by atoms with Gasteiger partial charge in [-0.1, -0.05) is 12.1 Å². The molecule has 0 bridgehead atoms. The number of allylic oxidation sites excluding steroid dienone is 1. The zero-order valence-corrected chi connectivity index (χ0v) is 15.9. The lowest BCUT2D eigenvalue weighted by Crippen LogP contribution is -2.16. The topological polar surface area (TPSA) is 55.0 Å². The van der Waals surface area contributed by atoms with Gasteiger partial charge in [0, 0.05) is 41.2 Å². The molecule has 1 N–H and O–H groups in total. The van der Waals surface area contributed by atoms with Crippen molar-refractivity contribution >= 4 is 17.1 Å². The van der Waals surface area contributed by atoms with Crippen molar-refractivity contribution in [3.63, 3.8) is 0 Å². The lowest BCUT2D eigenvalue weighted by molar-refractivity contribution is 0.0972. The fourth-order valence-electron chi connectivity index (χ4n) is 3.67. The van der Waals surface area contributed by atoms with Gasteiger partial charge in [-0.25, -0.2) is 4.98 Å². The highest BCUT2D eigenvalue weighted by Crippen LogP contribution is 2.35. The van der Waals surface area contributed by atoms with Gasteiger partial charge in [0.1, 0.15) is 17.7 Å². The highest BCUT2D eigenvalue weighted by molar-refractivity contribution is 7.10. The van der Waals surface area contributed by atoms with Gasteiger partial charge in [0.05, 0.1) is 0 Å². The van der Waals surface area contributed by atoms with Crippen LogP contribution in [0.4, 0.5) is 0 Å². The molecule has 1 aliphatic carbocycles. The van der Waals surface area contributed by atoms with E-state index < -0.39 is 0 Å². The Morgan fingerprint density at radius 1 is 1.33 bits per heavy atom. The zero-order valence-electron chi connectivity index (χ0n) is 15.1. The molecule has 0 radical (unpaired) electrons. The summed E-state index contributed by atoms with van der Waals surface area (Å²) in [5.41, 5.74) is 3.08. The number of hydrogen-bond donors (Lipinski definition) is 1. The van der Waals surface area contributed by atoms with Crippen molar-refractivity contribution in [1.29, 1.82) is 0 Å². The summed E-state index contributed by atoms with van der Waals surface area (Å²) >= 11 is 1.68. The minimum atomic E-state index is -0.128. The molecule has 138 valence electrons. The van der Waals surface area contributed by atoms with Crippen molar-refractivity contribution in [2.45, 2.75) is 38.2 Å². The van der Waals surface area contributed by atoms with Crippen LogP contribution in [-0.4, -0.2) is 15.8 Å². The maximum absolute atomic E-state index is 12.3. The molecule has 4 rings (SSSR count). The Kier molecular flexibility index (Phi) is 5.21. The summed E-state index contributed by atoms with van der Waals surface area (Å²) in [6.45, 7) is 3.90. The number of ketones is 1. The number of aromatic nitrogens is 2. The predicted molar refractivity (Wildman–Crippen MR) is 108 cm³/mol. The highest BCUT2D eigenvalue weighted by Gasteiger charge is 2.24. The molecule has 1 aromatic carbocycles. The molecule has 2 aromatic heterocycles. The zero-order chi connectivity index (χ0) is 18.6. The first kappa shape index (κ1) is 17.7. The number of ether oxygens (including phenoxy) is 1. The molecule has 0 saturated heterocycles. The van der Waals surface area contributed by atoms with Crippen LogP contribution in [0, 0.1) is 0 Å². The van der Waals surface area contributed by atoms with Gasteiger partial charge in [-0.3, -0.25) is 4.79 Å². The molecule has 2 heterocycles. The van der Waals surface area contributed by atoms with Crippen molar-refractivity contribution in [3.05, 3.63) is 82.1 Å². The fourth-order valence-corrected chi connectivity index (χ4v) is 4.43. The van der Waals surface area contributed by atoms with Gasteiger partial charge in [-0.05, 0) is 48.4 Å². The number of Topliss-reactive ketones (excluding diaryl/α,β-unsaturated/α-hetero) is 1. The van der Waals surface area contributed by atoms with Crippen LogP contribution >= 0.6 is 11.3 Å². The molecule has 1 unspecified atom stereocenters. The number of carbonyl (C=O) groups excluding carboxylic acids is 1. The van der Waals surface area contributed by atoms with Gasteiger partial charge in [-0.2, -0.15) is 0 Å². The molecule has 0 saturated carbocycles. The Morgan fingerprint density at radius 3 is 3.00 bits per heavy atom. The maximum Gasteiger partial charge on any atom is 0.163 e. The molecule has 1 aliphatic rings. The quantitative estimate of drug-likeness (QED) is 0.583. The van der Waals surface area contributed by atoms with Crippen molar-refractivity contribution < 1.29 is 9.53 Å². The second-order valence-electron chi connectivity index (χ2n) is 6.70. The number of nitrogens with zero attached hydrogens (tertiary/aromatic N) is 1. The Balaban J connectivity index is 1.70. The SMILES string of the molecule is C=CCc1c(OC(Cc2ncc[nH]2)c2cccs2)ccc2c1CCCC2=O. The van der Waals surface area contributed by atoms with Gasteiger partial charge in [0.15, 0.2) is 5.78 Å². The summed E-state index contributed by atoms with van der Waals surface area (Å²) in [6.07, 6.45) is 9.16.